The van der Waals surface area contributed by atoms with E-state index in [4.69, 9.17) is 4.42 Å². The molecule has 34 heavy (non-hydrogen) atoms. The first kappa shape index (κ1) is 20.6. The third kappa shape index (κ3) is 3.84. The fourth-order valence-corrected chi connectivity index (χ4v) is 5.21. The molecule has 2 aromatic carbocycles. The van der Waals surface area contributed by atoms with Gasteiger partial charge in [0.2, 0.25) is 5.91 Å². The average Bonchev–Trinajstić information content (AvgIpc) is 3.67. The van der Waals surface area contributed by atoms with Gasteiger partial charge in [0.1, 0.15) is 17.3 Å². The summed E-state index contributed by atoms with van der Waals surface area (Å²) in [5, 5.41) is 25.5. The quantitative estimate of drug-likeness (QED) is 0.464. The molecule has 1 aliphatic heterocycles. The molecule has 2 fully saturated rings. The van der Waals surface area contributed by atoms with Gasteiger partial charge in [-0.1, -0.05) is 17.3 Å². The molecule has 8 nitrogen and oxygen atoms in total. The molecule has 6 rings (SSSR count). The number of carbonyl (C=O) groups excluding carboxylic acids is 1. The number of nitrogens with zero attached hydrogens (tertiary/aromatic N) is 4. The molecule has 2 N–H and O–H groups in total. The number of nitriles is 1. The van der Waals surface area contributed by atoms with E-state index in [1.807, 2.05) is 54.7 Å². The number of aromatic nitrogens is 3. The Balaban J connectivity index is 1.11. The van der Waals surface area contributed by atoms with E-state index < -0.39 is 6.04 Å². The Morgan fingerprint density at radius 1 is 1.24 bits per heavy atom. The maximum absolute atomic E-state index is 12.7. The molecule has 2 unspecified atom stereocenters. The highest BCUT2D eigenvalue weighted by Crippen LogP contribution is 2.35. The van der Waals surface area contributed by atoms with Gasteiger partial charge in [0.05, 0.1) is 30.3 Å². The maximum atomic E-state index is 12.7. The molecular weight excluding hydrogens is 428 g/mol. The van der Waals surface area contributed by atoms with Crippen molar-refractivity contribution in [3.63, 3.8) is 0 Å². The second kappa shape index (κ2) is 8.43. The van der Waals surface area contributed by atoms with Crippen molar-refractivity contribution in [1.29, 1.82) is 5.26 Å². The summed E-state index contributed by atoms with van der Waals surface area (Å²) < 4.78 is 7.13. The molecule has 2 aromatic heterocycles. The van der Waals surface area contributed by atoms with Crippen LogP contribution in [0.3, 0.4) is 0 Å². The van der Waals surface area contributed by atoms with Crippen LogP contribution in [-0.2, 0) is 11.2 Å². The highest BCUT2D eigenvalue weighted by atomic mass is 16.3. The Hall–Kier alpha value is -3.96. The third-order valence-electron chi connectivity index (χ3n) is 7.00. The lowest BCUT2D eigenvalue weighted by atomic mass is 9.98. The molecule has 1 saturated carbocycles. The monoisotopic (exact) mass is 452 g/mol. The molecule has 4 atom stereocenters. The number of hydrogen-bond donors (Lipinski definition) is 2. The first-order chi connectivity index (χ1) is 16.7. The number of amides is 1. The third-order valence-corrected chi connectivity index (χ3v) is 7.00. The predicted octanol–water partition coefficient (Wildman–Crippen LogP) is 3.37. The van der Waals surface area contributed by atoms with Crippen LogP contribution in [0.5, 0.6) is 0 Å². The number of carbonyl (C=O) groups is 1. The molecule has 0 spiro atoms. The van der Waals surface area contributed by atoms with Crippen LogP contribution in [0.4, 0.5) is 0 Å². The van der Waals surface area contributed by atoms with Crippen molar-refractivity contribution in [2.45, 2.75) is 43.8 Å². The van der Waals surface area contributed by atoms with Crippen molar-refractivity contribution >= 4 is 16.9 Å². The number of fused-ring (bicyclic) bond motifs is 3. The minimum absolute atomic E-state index is 0.0564. The van der Waals surface area contributed by atoms with Gasteiger partial charge in [-0.05, 0) is 67.1 Å². The molecule has 3 heterocycles. The van der Waals surface area contributed by atoms with Gasteiger partial charge in [0, 0.05) is 23.4 Å². The lowest BCUT2D eigenvalue weighted by molar-refractivity contribution is -0.124. The molecular formula is C26H24N6O2. The number of nitrogens with one attached hydrogen (secondary N) is 2. The van der Waals surface area contributed by atoms with Gasteiger partial charge in [-0.3, -0.25) is 4.79 Å². The lowest BCUT2D eigenvalue weighted by Gasteiger charge is -2.23. The maximum Gasteiger partial charge on any atom is 0.238 e. The van der Waals surface area contributed by atoms with E-state index in [0.29, 0.717) is 18.4 Å². The van der Waals surface area contributed by atoms with Crippen LogP contribution in [0, 0.1) is 17.2 Å². The topological polar surface area (TPSA) is 109 Å². The van der Waals surface area contributed by atoms with Crippen LogP contribution >= 0.6 is 0 Å². The van der Waals surface area contributed by atoms with Crippen molar-refractivity contribution in [3.05, 3.63) is 66.6 Å². The van der Waals surface area contributed by atoms with Gasteiger partial charge in [0.25, 0.3) is 0 Å². The van der Waals surface area contributed by atoms with E-state index in [9.17, 15) is 10.1 Å². The zero-order valence-electron chi connectivity index (χ0n) is 18.5. The number of hydrogen-bond acceptors (Lipinski definition) is 6. The summed E-state index contributed by atoms with van der Waals surface area (Å²) in [6.07, 6.45) is 7.32. The first-order valence-electron chi connectivity index (χ1n) is 11.6. The molecule has 170 valence electrons. The smallest absolute Gasteiger partial charge is 0.238 e. The highest BCUT2D eigenvalue weighted by molar-refractivity contribution is 5.83. The minimum atomic E-state index is -0.560. The number of piperidine rings is 1. The van der Waals surface area contributed by atoms with Gasteiger partial charge in [-0.2, -0.15) is 5.26 Å². The summed E-state index contributed by atoms with van der Waals surface area (Å²) in [5.74, 6) is 0.344. The van der Waals surface area contributed by atoms with E-state index in [2.05, 4.69) is 27.0 Å². The van der Waals surface area contributed by atoms with E-state index in [0.717, 1.165) is 52.7 Å². The Morgan fingerprint density at radius 2 is 2.12 bits per heavy atom. The van der Waals surface area contributed by atoms with Crippen LogP contribution in [-0.4, -0.2) is 39.0 Å². The summed E-state index contributed by atoms with van der Waals surface area (Å²) in [6.45, 7) is 0. The molecule has 1 aliphatic carbocycles. The molecule has 4 aromatic rings. The zero-order chi connectivity index (χ0) is 23.1. The van der Waals surface area contributed by atoms with Crippen LogP contribution in [0.2, 0.25) is 0 Å². The Kier molecular flexibility index (Phi) is 5.12. The summed E-state index contributed by atoms with van der Waals surface area (Å²) in [6, 6.07) is 17.6. The van der Waals surface area contributed by atoms with Crippen molar-refractivity contribution in [2.24, 2.45) is 5.92 Å². The van der Waals surface area contributed by atoms with Crippen LogP contribution in [0.15, 0.2) is 65.4 Å². The largest absolute Gasteiger partial charge is 0.464 e. The van der Waals surface area contributed by atoms with Crippen molar-refractivity contribution in [1.82, 2.24) is 25.6 Å². The normalized spacial score (nSPS) is 22.0. The number of rotatable bonds is 6. The summed E-state index contributed by atoms with van der Waals surface area (Å²) >= 11 is 0. The molecule has 8 heteroatoms. The number of benzene rings is 2. The van der Waals surface area contributed by atoms with Crippen LogP contribution < -0.4 is 10.6 Å². The molecule has 1 saturated heterocycles. The van der Waals surface area contributed by atoms with E-state index >= 15 is 0 Å². The molecule has 2 aliphatic rings. The van der Waals surface area contributed by atoms with Gasteiger partial charge >= 0.3 is 0 Å². The van der Waals surface area contributed by atoms with Gasteiger partial charge in [0.15, 0.2) is 0 Å². The molecule has 2 bridgehead atoms. The van der Waals surface area contributed by atoms with Crippen molar-refractivity contribution in [3.8, 4) is 23.0 Å². The minimum Gasteiger partial charge on any atom is -0.464 e. The van der Waals surface area contributed by atoms with Crippen LogP contribution in [0.1, 0.15) is 24.8 Å². The van der Waals surface area contributed by atoms with E-state index in [1.165, 1.54) is 0 Å². The van der Waals surface area contributed by atoms with Crippen LogP contribution in [0.25, 0.3) is 27.9 Å². The van der Waals surface area contributed by atoms with Gasteiger partial charge in [-0.15, -0.1) is 5.10 Å². The predicted molar refractivity (Wildman–Crippen MR) is 126 cm³/mol. The standard InChI is InChI=1S/C26H24N6O2/c27-14-21(29-26(33)25-19-3-5-20(13-19)28-25)11-16-1-6-22(7-2-16)32-15-23(30-31-32)17-4-8-24-18(12-17)9-10-34-24/h1-2,4,6-10,12,15,19-21,25,28H,3,5,11,13H2,(H,29,33)/t19?,20?,21-,25-/m0/s1. The Morgan fingerprint density at radius 3 is 2.88 bits per heavy atom. The summed E-state index contributed by atoms with van der Waals surface area (Å²) in [5.41, 5.74) is 4.42. The second-order valence-electron chi connectivity index (χ2n) is 9.20. The lowest BCUT2D eigenvalue weighted by Crippen LogP contribution is -2.50. The summed E-state index contributed by atoms with van der Waals surface area (Å²) in [7, 11) is 0. The Labute approximate surface area is 196 Å². The average molecular weight is 453 g/mol. The van der Waals surface area contributed by atoms with Crippen molar-refractivity contribution in [2.75, 3.05) is 0 Å². The fourth-order valence-electron chi connectivity index (χ4n) is 5.21. The van der Waals surface area contributed by atoms with Gasteiger partial charge < -0.3 is 15.1 Å². The fraction of sp³-hybridized carbons (Fsp3) is 0.308. The number of furan rings is 1. The second-order valence-corrected chi connectivity index (χ2v) is 9.20. The Bertz CT molecular complexity index is 1380. The van der Waals surface area contributed by atoms with Crippen molar-refractivity contribution < 1.29 is 9.21 Å². The van der Waals surface area contributed by atoms with E-state index in [-0.39, 0.29) is 11.9 Å². The SMILES string of the molecule is N#C[C@H](Cc1ccc(-n2cc(-c3ccc4occc4c3)nn2)cc1)NC(=O)[C@H]1NC2CCC1C2. The molecule has 0 radical (unpaired) electrons. The molecule has 1 amide bonds. The highest BCUT2D eigenvalue weighted by Gasteiger charge is 2.43. The van der Waals surface area contributed by atoms with Gasteiger partial charge in [-0.25, -0.2) is 4.68 Å². The summed E-state index contributed by atoms with van der Waals surface area (Å²) in [4.78, 5) is 12.7. The van der Waals surface area contributed by atoms with E-state index in [1.54, 1.807) is 10.9 Å². The zero-order valence-corrected chi connectivity index (χ0v) is 18.5. The first-order valence-corrected chi connectivity index (χ1v) is 11.6.